The third kappa shape index (κ3) is 3.64. The van der Waals surface area contributed by atoms with E-state index in [0.717, 1.165) is 25.2 Å². The van der Waals surface area contributed by atoms with Crippen LogP contribution in [0.5, 0.6) is 0 Å². The van der Waals surface area contributed by atoms with Crippen LogP contribution < -0.4 is 21.7 Å². The van der Waals surface area contributed by atoms with E-state index in [0.29, 0.717) is 11.3 Å². The number of hydrogen-bond acceptors (Lipinski definition) is 4. The van der Waals surface area contributed by atoms with Crippen molar-refractivity contribution in [2.24, 2.45) is 5.73 Å². The van der Waals surface area contributed by atoms with Gasteiger partial charge in [-0.2, -0.15) is 0 Å². The molecule has 17 heavy (non-hydrogen) atoms. The van der Waals surface area contributed by atoms with Crippen LogP contribution in [0.3, 0.4) is 0 Å². The van der Waals surface area contributed by atoms with Crippen LogP contribution in [0, 0.1) is 0 Å². The fourth-order valence-corrected chi connectivity index (χ4v) is 1.64. The lowest BCUT2D eigenvalue weighted by Gasteiger charge is -2.21. The van der Waals surface area contributed by atoms with Crippen LogP contribution in [0.1, 0.15) is 16.8 Å². The molecule has 0 unspecified atom stereocenters. The lowest BCUT2D eigenvalue weighted by Crippen LogP contribution is -2.23. The van der Waals surface area contributed by atoms with Crippen LogP contribution in [-0.2, 0) is 0 Å². The highest BCUT2D eigenvalue weighted by molar-refractivity contribution is 5.95. The van der Waals surface area contributed by atoms with Gasteiger partial charge in [-0.3, -0.25) is 4.79 Å². The zero-order chi connectivity index (χ0) is 12.8. The number of nitrogens with one attached hydrogen (secondary N) is 1. The van der Waals surface area contributed by atoms with Crippen molar-refractivity contribution >= 4 is 17.3 Å². The maximum atomic E-state index is 11.1. The Morgan fingerprint density at radius 1 is 1.47 bits per heavy atom. The molecule has 0 radical (unpaired) electrons. The van der Waals surface area contributed by atoms with Crippen LogP contribution in [0.4, 0.5) is 11.4 Å². The molecule has 0 bridgehead atoms. The van der Waals surface area contributed by atoms with Gasteiger partial charge in [-0.15, -0.1) is 0 Å². The summed E-state index contributed by atoms with van der Waals surface area (Å²) < 4.78 is 0. The van der Waals surface area contributed by atoms with Gasteiger partial charge in [0.2, 0.25) is 5.91 Å². The second kappa shape index (κ2) is 6.10. The standard InChI is InChI=1S/C12H20N4O/c1-15-6-3-7-16(2)11-8-9(12(14)17)4-5-10(11)13/h4-5,8,15H,3,6-7,13H2,1-2H3,(H2,14,17). The molecule has 5 nitrogen and oxygen atoms in total. The first-order valence-electron chi connectivity index (χ1n) is 5.61. The largest absolute Gasteiger partial charge is 0.397 e. The third-order valence-corrected chi connectivity index (χ3v) is 2.65. The molecular formula is C12H20N4O. The molecule has 94 valence electrons. The first-order chi connectivity index (χ1) is 8.06. The van der Waals surface area contributed by atoms with Gasteiger partial charge >= 0.3 is 0 Å². The van der Waals surface area contributed by atoms with Gasteiger partial charge in [-0.25, -0.2) is 0 Å². The molecule has 0 spiro atoms. The molecule has 1 amide bonds. The van der Waals surface area contributed by atoms with E-state index in [9.17, 15) is 4.79 Å². The molecule has 0 fully saturated rings. The van der Waals surface area contributed by atoms with Crippen molar-refractivity contribution in [2.75, 3.05) is 37.8 Å². The highest BCUT2D eigenvalue weighted by atomic mass is 16.1. The van der Waals surface area contributed by atoms with Gasteiger partial charge in [0, 0.05) is 19.2 Å². The van der Waals surface area contributed by atoms with E-state index in [4.69, 9.17) is 11.5 Å². The number of hydrogen-bond donors (Lipinski definition) is 3. The van der Waals surface area contributed by atoms with Gasteiger partial charge in [-0.05, 0) is 38.2 Å². The zero-order valence-electron chi connectivity index (χ0n) is 10.4. The second-order valence-electron chi connectivity index (χ2n) is 4.02. The Labute approximate surface area is 102 Å². The van der Waals surface area contributed by atoms with Gasteiger partial charge in [-0.1, -0.05) is 0 Å². The number of amides is 1. The van der Waals surface area contributed by atoms with Crippen LogP contribution in [0.15, 0.2) is 18.2 Å². The van der Waals surface area contributed by atoms with Gasteiger partial charge < -0.3 is 21.7 Å². The Bertz CT molecular complexity index is 392. The third-order valence-electron chi connectivity index (χ3n) is 2.65. The molecule has 0 aliphatic rings. The summed E-state index contributed by atoms with van der Waals surface area (Å²) in [5, 5.41) is 3.09. The molecule has 0 saturated heterocycles. The number of benzene rings is 1. The zero-order valence-corrected chi connectivity index (χ0v) is 10.4. The molecule has 0 aliphatic heterocycles. The van der Waals surface area contributed by atoms with Crippen molar-refractivity contribution in [3.8, 4) is 0 Å². The Kier molecular flexibility index (Phi) is 4.78. The number of nitrogens with zero attached hydrogens (tertiary/aromatic N) is 1. The van der Waals surface area contributed by atoms with Crippen LogP contribution in [0.25, 0.3) is 0 Å². The van der Waals surface area contributed by atoms with E-state index in [1.54, 1.807) is 18.2 Å². The summed E-state index contributed by atoms with van der Waals surface area (Å²) in [6, 6.07) is 5.09. The van der Waals surface area contributed by atoms with Gasteiger partial charge in [0.1, 0.15) is 0 Å². The first-order valence-corrected chi connectivity index (χ1v) is 5.61. The minimum absolute atomic E-state index is 0.435. The molecule has 1 aromatic rings. The van der Waals surface area contributed by atoms with Crippen LogP contribution in [0.2, 0.25) is 0 Å². The number of anilines is 2. The molecule has 1 rings (SSSR count). The van der Waals surface area contributed by atoms with Gasteiger partial charge in [0.15, 0.2) is 0 Å². The molecular weight excluding hydrogens is 216 g/mol. The molecule has 5 N–H and O–H groups in total. The van der Waals surface area contributed by atoms with Gasteiger partial charge in [0.25, 0.3) is 0 Å². The fourth-order valence-electron chi connectivity index (χ4n) is 1.64. The van der Waals surface area contributed by atoms with E-state index in [1.807, 2.05) is 19.0 Å². The fraction of sp³-hybridized carbons (Fsp3) is 0.417. The SMILES string of the molecule is CNCCCN(C)c1cc(C(N)=O)ccc1N. The highest BCUT2D eigenvalue weighted by Gasteiger charge is 2.08. The number of nitrogens with two attached hydrogens (primary N) is 2. The highest BCUT2D eigenvalue weighted by Crippen LogP contribution is 2.23. The summed E-state index contributed by atoms with van der Waals surface area (Å²) >= 11 is 0. The van der Waals surface area contributed by atoms with Crippen molar-refractivity contribution in [1.82, 2.24) is 5.32 Å². The van der Waals surface area contributed by atoms with E-state index in [-0.39, 0.29) is 0 Å². The average molecular weight is 236 g/mol. The molecule has 5 heteroatoms. The van der Waals surface area contributed by atoms with E-state index in [2.05, 4.69) is 5.32 Å². The Morgan fingerprint density at radius 2 is 2.18 bits per heavy atom. The second-order valence-corrected chi connectivity index (χ2v) is 4.02. The van der Waals surface area contributed by atoms with Crippen molar-refractivity contribution in [1.29, 1.82) is 0 Å². The summed E-state index contributed by atoms with van der Waals surface area (Å²) in [6.07, 6.45) is 1.01. The average Bonchev–Trinajstić information content (AvgIpc) is 2.29. The lowest BCUT2D eigenvalue weighted by atomic mass is 10.1. The number of carbonyl (C=O) groups excluding carboxylic acids is 1. The Balaban J connectivity index is 2.80. The topological polar surface area (TPSA) is 84.4 Å². The molecule has 0 aliphatic carbocycles. The maximum absolute atomic E-state index is 11.1. The summed E-state index contributed by atoms with van der Waals surface area (Å²) in [6.45, 7) is 1.81. The van der Waals surface area contributed by atoms with E-state index >= 15 is 0 Å². The molecule has 0 aromatic heterocycles. The monoisotopic (exact) mass is 236 g/mol. The predicted octanol–water partition coefficient (Wildman–Crippen LogP) is 0.413. The summed E-state index contributed by atoms with van der Waals surface area (Å²) in [5.41, 5.74) is 13.1. The summed E-state index contributed by atoms with van der Waals surface area (Å²) in [5.74, 6) is -0.435. The van der Waals surface area contributed by atoms with Crippen LogP contribution in [-0.4, -0.2) is 33.1 Å². The number of carbonyl (C=O) groups is 1. The molecule has 0 heterocycles. The molecule has 1 aromatic carbocycles. The minimum atomic E-state index is -0.435. The molecule has 0 saturated carbocycles. The van der Waals surface area contributed by atoms with E-state index in [1.165, 1.54) is 0 Å². The quantitative estimate of drug-likeness (QED) is 0.493. The smallest absolute Gasteiger partial charge is 0.248 e. The van der Waals surface area contributed by atoms with Crippen molar-refractivity contribution in [2.45, 2.75) is 6.42 Å². The predicted molar refractivity (Wildman–Crippen MR) is 71.2 cm³/mol. The maximum Gasteiger partial charge on any atom is 0.248 e. The van der Waals surface area contributed by atoms with E-state index < -0.39 is 5.91 Å². The lowest BCUT2D eigenvalue weighted by molar-refractivity contribution is 0.100. The molecule has 0 atom stereocenters. The van der Waals surface area contributed by atoms with Crippen molar-refractivity contribution < 1.29 is 4.79 Å². The first kappa shape index (κ1) is 13.3. The van der Waals surface area contributed by atoms with Gasteiger partial charge in [0.05, 0.1) is 11.4 Å². The van der Waals surface area contributed by atoms with Crippen LogP contribution >= 0.6 is 0 Å². The number of primary amides is 1. The van der Waals surface area contributed by atoms with Crippen molar-refractivity contribution in [3.63, 3.8) is 0 Å². The number of nitrogen functional groups attached to an aromatic ring is 1. The normalized spacial score (nSPS) is 10.2. The summed E-state index contributed by atoms with van der Waals surface area (Å²) in [4.78, 5) is 13.1. The Hall–Kier alpha value is -1.75. The number of rotatable bonds is 6. The minimum Gasteiger partial charge on any atom is -0.397 e. The van der Waals surface area contributed by atoms with Crippen molar-refractivity contribution in [3.05, 3.63) is 23.8 Å². The summed E-state index contributed by atoms with van der Waals surface area (Å²) in [7, 11) is 3.87. The Morgan fingerprint density at radius 3 is 2.76 bits per heavy atom.